The second kappa shape index (κ2) is 8.51. The van der Waals surface area contributed by atoms with Crippen LogP contribution in [0.2, 0.25) is 0 Å². The van der Waals surface area contributed by atoms with Crippen LogP contribution in [-0.2, 0) is 4.79 Å². The summed E-state index contributed by atoms with van der Waals surface area (Å²) >= 11 is 3.01. The fourth-order valence-electron chi connectivity index (χ4n) is 2.42. The van der Waals surface area contributed by atoms with Gasteiger partial charge in [0.2, 0.25) is 5.13 Å². The number of benzene rings is 2. The van der Waals surface area contributed by atoms with Gasteiger partial charge in [-0.05, 0) is 29.3 Å². The number of nitrogens with zero attached hydrogens (tertiary/aromatic N) is 2. The number of fused-ring (bicyclic) bond motifs is 1. The molecule has 1 N–H and O–H groups in total. The van der Waals surface area contributed by atoms with E-state index in [4.69, 9.17) is 4.74 Å². The Balaban J connectivity index is 1.67. The molecule has 136 valence electrons. The van der Waals surface area contributed by atoms with Crippen molar-refractivity contribution in [1.82, 2.24) is 10.2 Å². The Labute approximate surface area is 161 Å². The van der Waals surface area contributed by atoms with Crippen molar-refractivity contribution in [1.29, 1.82) is 0 Å². The van der Waals surface area contributed by atoms with E-state index in [1.165, 1.54) is 11.3 Å². The summed E-state index contributed by atoms with van der Waals surface area (Å²) in [5.41, 5.74) is 0. The molecule has 1 unspecified atom stereocenters. The minimum atomic E-state index is -0.582. The third-order valence-corrected chi connectivity index (χ3v) is 5.56. The Morgan fingerprint density at radius 3 is 2.69 bits per heavy atom. The number of anilines is 1. The van der Waals surface area contributed by atoms with Crippen molar-refractivity contribution in [3.05, 3.63) is 42.5 Å². The first-order chi connectivity index (χ1) is 12.5. The lowest BCUT2D eigenvalue weighted by molar-refractivity contribution is -0.122. The number of rotatable bonds is 7. The average molecular weight is 388 g/mol. The molecule has 3 rings (SSSR count). The smallest absolute Gasteiger partial charge is 0.267 e. The van der Waals surface area contributed by atoms with Crippen molar-refractivity contribution < 1.29 is 9.53 Å². The van der Waals surface area contributed by atoms with Crippen molar-refractivity contribution in [2.24, 2.45) is 0 Å². The van der Waals surface area contributed by atoms with Gasteiger partial charge >= 0.3 is 0 Å². The van der Waals surface area contributed by atoms with E-state index in [1.807, 2.05) is 49.4 Å². The summed E-state index contributed by atoms with van der Waals surface area (Å²) in [6.07, 6.45) is -0.0216. The zero-order chi connectivity index (χ0) is 18.5. The van der Waals surface area contributed by atoms with Gasteiger partial charge in [0.1, 0.15) is 5.75 Å². The highest BCUT2D eigenvalue weighted by Gasteiger charge is 2.20. The van der Waals surface area contributed by atoms with E-state index in [1.54, 1.807) is 11.8 Å². The second-order valence-corrected chi connectivity index (χ2v) is 8.85. The molecule has 0 bridgehead atoms. The number of hydrogen-bond acceptors (Lipinski definition) is 6. The van der Waals surface area contributed by atoms with Crippen LogP contribution in [0.25, 0.3) is 10.8 Å². The number of nitrogens with one attached hydrogen (secondary N) is 1. The molecule has 0 radical (unpaired) electrons. The van der Waals surface area contributed by atoms with Gasteiger partial charge in [0.15, 0.2) is 10.4 Å². The summed E-state index contributed by atoms with van der Waals surface area (Å²) in [5.74, 6) is 0.469. The zero-order valence-corrected chi connectivity index (χ0v) is 16.6. The van der Waals surface area contributed by atoms with E-state index in [2.05, 4.69) is 29.4 Å². The van der Waals surface area contributed by atoms with Crippen LogP contribution in [0.5, 0.6) is 5.75 Å². The monoisotopic (exact) mass is 387 g/mol. The Hall–Kier alpha value is -2.12. The molecule has 5 nitrogen and oxygen atoms in total. The maximum absolute atomic E-state index is 12.5. The minimum Gasteiger partial charge on any atom is -0.481 e. The Morgan fingerprint density at radius 1 is 1.19 bits per heavy atom. The minimum absolute atomic E-state index is 0.210. The van der Waals surface area contributed by atoms with E-state index in [9.17, 15) is 4.79 Å². The molecule has 1 heterocycles. The van der Waals surface area contributed by atoms with Gasteiger partial charge in [-0.15, -0.1) is 10.2 Å². The van der Waals surface area contributed by atoms with Gasteiger partial charge in [-0.25, -0.2) is 0 Å². The normalized spacial score (nSPS) is 12.3. The highest BCUT2D eigenvalue weighted by molar-refractivity contribution is 8.01. The van der Waals surface area contributed by atoms with Gasteiger partial charge < -0.3 is 4.74 Å². The van der Waals surface area contributed by atoms with Gasteiger partial charge in [0.25, 0.3) is 5.91 Å². The number of amides is 1. The number of ether oxygens (including phenoxy) is 1. The van der Waals surface area contributed by atoms with Crippen LogP contribution in [0.4, 0.5) is 5.13 Å². The number of thioether (sulfide) groups is 1. The Bertz CT molecular complexity index is 895. The van der Waals surface area contributed by atoms with Crippen LogP contribution in [0.3, 0.4) is 0 Å². The molecular weight excluding hydrogens is 366 g/mol. The fourth-order valence-corrected chi connectivity index (χ4v) is 4.40. The van der Waals surface area contributed by atoms with Gasteiger partial charge in [0, 0.05) is 5.25 Å². The lowest BCUT2D eigenvalue weighted by Crippen LogP contribution is -2.32. The largest absolute Gasteiger partial charge is 0.481 e. The van der Waals surface area contributed by atoms with Crippen LogP contribution in [-0.4, -0.2) is 27.5 Å². The molecule has 3 aromatic rings. The van der Waals surface area contributed by atoms with Crippen LogP contribution >= 0.6 is 23.1 Å². The predicted octanol–water partition coefficient (Wildman–Crippen LogP) is 4.99. The van der Waals surface area contributed by atoms with Crippen molar-refractivity contribution in [3.8, 4) is 5.75 Å². The summed E-state index contributed by atoms with van der Waals surface area (Å²) in [6.45, 7) is 6.11. The molecule has 0 saturated carbocycles. The second-order valence-electron chi connectivity index (χ2n) is 6.05. The highest BCUT2D eigenvalue weighted by atomic mass is 32.2. The predicted molar refractivity (Wildman–Crippen MR) is 108 cm³/mol. The first kappa shape index (κ1) is 18.7. The molecule has 2 aromatic carbocycles. The van der Waals surface area contributed by atoms with E-state index >= 15 is 0 Å². The third-order valence-electron chi connectivity index (χ3n) is 3.64. The lowest BCUT2D eigenvalue weighted by Gasteiger charge is -2.16. The summed E-state index contributed by atoms with van der Waals surface area (Å²) in [4.78, 5) is 12.5. The average Bonchev–Trinajstić information content (AvgIpc) is 3.05. The molecule has 0 aliphatic heterocycles. The maximum atomic E-state index is 12.5. The SMILES string of the molecule is CCC(Oc1ccc2ccccc2c1)C(=O)Nc1nnc(SC(C)C)s1. The highest BCUT2D eigenvalue weighted by Crippen LogP contribution is 2.29. The van der Waals surface area contributed by atoms with Crippen molar-refractivity contribution in [2.45, 2.75) is 42.9 Å². The van der Waals surface area contributed by atoms with Crippen molar-refractivity contribution in [3.63, 3.8) is 0 Å². The van der Waals surface area contributed by atoms with Crippen molar-refractivity contribution >= 4 is 44.9 Å². The van der Waals surface area contributed by atoms with E-state index in [-0.39, 0.29) is 5.91 Å². The van der Waals surface area contributed by atoms with Crippen LogP contribution < -0.4 is 10.1 Å². The molecule has 7 heteroatoms. The first-order valence-electron chi connectivity index (χ1n) is 8.51. The first-order valence-corrected chi connectivity index (χ1v) is 10.2. The van der Waals surface area contributed by atoms with Gasteiger partial charge in [-0.3, -0.25) is 10.1 Å². The summed E-state index contributed by atoms with van der Waals surface area (Å²) in [7, 11) is 0. The molecule has 1 atom stereocenters. The number of carbonyl (C=O) groups excluding carboxylic acids is 1. The number of hydrogen-bond donors (Lipinski definition) is 1. The summed E-state index contributed by atoms with van der Waals surface area (Å²) in [5, 5.41) is 14.1. The van der Waals surface area contributed by atoms with Crippen LogP contribution in [0.15, 0.2) is 46.8 Å². The van der Waals surface area contributed by atoms with Gasteiger partial charge in [-0.1, -0.05) is 74.2 Å². The Morgan fingerprint density at radius 2 is 1.96 bits per heavy atom. The van der Waals surface area contributed by atoms with Gasteiger partial charge in [0.05, 0.1) is 0 Å². The van der Waals surface area contributed by atoms with E-state index < -0.39 is 6.10 Å². The Kier molecular flexibility index (Phi) is 6.11. The zero-order valence-electron chi connectivity index (χ0n) is 14.9. The molecular formula is C19H21N3O2S2. The lowest BCUT2D eigenvalue weighted by atomic mass is 10.1. The quantitative estimate of drug-likeness (QED) is 0.457. The van der Waals surface area contributed by atoms with Gasteiger partial charge in [-0.2, -0.15) is 0 Å². The fraction of sp³-hybridized carbons (Fsp3) is 0.316. The molecule has 0 spiro atoms. The summed E-state index contributed by atoms with van der Waals surface area (Å²) in [6, 6.07) is 13.9. The molecule has 0 aliphatic rings. The van der Waals surface area contributed by atoms with E-state index in [0.717, 1.165) is 15.1 Å². The third kappa shape index (κ3) is 4.74. The number of carbonyl (C=O) groups is 1. The molecule has 1 amide bonds. The van der Waals surface area contributed by atoms with Crippen LogP contribution in [0, 0.1) is 0 Å². The van der Waals surface area contributed by atoms with E-state index in [0.29, 0.717) is 22.6 Å². The summed E-state index contributed by atoms with van der Waals surface area (Å²) < 4.78 is 6.76. The maximum Gasteiger partial charge on any atom is 0.267 e. The van der Waals surface area contributed by atoms with Crippen LogP contribution in [0.1, 0.15) is 27.2 Å². The molecule has 26 heavy (non-hydrogen) atoms. The molecule has 0 saturated heterocycles. The molecule has 1 aromatic heterocycles. The topological polar surface area (TPSA) is 64.1 Å². The molecule has 0 fully saturated rings. The number of aromatic nitrogens is 2. The standard InChI is InChI=1S/C19H21N3O2S2/c1-4-16(17(23)20-18-21-22-19(26-18)25-12(2)3)24-15-10-9-13-7-5-6-8-14(13)11-15/h5-12,16H,4H2,1-3H3,(H,20,21,23). The molecule has 0 aliphatic carbocycles. The van der Waals surface area contributed by atoms with Crippen molar-refractivity contribution in [2.75, 3.05) is 5.32 Å².